The molecule has 4 nitrogen and oxygen atoms in total. The molecule has 1 rings (SSSR count). The molecule has 2 unspecified atom stereocenters. The van der Waals surface area contributed by atoms with Gasteiger partial charge in [-0.05, 0) is 51.9 Å². The summed E-state index contributed by atoms with van der Waals surface area (Å²) in [5, 5.41) is 8.94. The van der Waals surface area contributed by atoms with Gasteiger partial charge in [0.15, 0.2) is 0 Å². The SMILES string of the molecule is CCC(CCCO)C1CCN(C(=O)OC(C)(C)C)C1. The molecule has 1 aliphatic rings. The lowest BCUT2D eigenvalue weighted by Gasteiger charge is -2.25. The first-order valence-corrected chi connectivity index (χ1v) is 7.46. The van der Waals surface area contributed by atoms with Gasteiger partial charge in [0.1, 0.15) is 5.60 Å². The van der Waals surface area contributed by atoms with Crippen molar-refractivity contribution in [1.29, 1.82) is 0 Å². The molecular weight excluding hydrogens is 242 g/mol. The van der Waals surface area contributed by atoms with Crippen LogP contribution in [0, 0.1) is 11.8 Å². The van der Waals surface area contributed by atoms with Crippen LogP contribution in [0.3, 0.4) is 0 Å². The lowest BCUT2D eigenvalue weighted by Crippen LogP contribution is -2.35. The number of rotatable bonds is 5. The van der Waals surface area contributed by atoms with E-state index < -0.39 is 5.60 Å². The van der Waals surface area contributed by atoms with Crippen molar-refractivity contribution >= 4 is 6.09 Å². The van der Waals surface area contributed by atoms with Crippen LogP contribution >= 0.6 is 0 Å². The smallest absolute Gasteiger partial charge is 0.410 e. The van der Waals surface area contributed by atoms with E-state index in [4.69, 9.17) is 9.84 Å². The Balaban J connectivity index is 2.45. The summed E-state index contributed by atoms with van der Waals surface area (Å²) in [6, 6.07) is 0. The van der Waals surface area contributed by atoms with Crippen LogP contribution < -0.4 is 0 Å². The van der Waals surface area contributed by atoms with Gasteiger partial charge in [0.05, 0.1) is 0 Å². The maximum atomic E-state index is 12.0. The molecule has 0 radical (unpaired) electrons. The molecule has 0 aromatic heterocycles. The number of hydrogen-bond donors (Lipinski definition) is 1. The molecule has 0 aromatic carbocycles. The summed E-state index contributed by atoms with van der Waals surface area (Å²) in [5.74, 6) is 1.17. The van der Waals surface area contributed by atoms with Crippen LogP contribution in [0.2, 0.25) is 0 Å². The van der Waals surface area contributed by atoms with Gasteiger partial charge in [-0.25, -0.2) is 4.79 Å². The summed E-state index contributed by atoms with van der Waals surface area (Å²) < 4.78 is 5.41. The van der Waals surface area contributed by atoms with Crippen LogP contribution in [-0.4, -0.2) is 41.4 Å². The standard InChI is InChI=1S/C15H29NO3/c1-5-12(7-6-10-17)13-8-9-16(11-13)14(18)19-15(2,3)4/h12-13,17H,5-11H2,1-4H3. The Morgan fingerprint density at radius 3 is 2.68 bits per heavy atom. The van der Waals surface area contributed by atoms with E-state index in [1.54, 1.807) is 0 Å². The molecule has 0 aromatic rings. The molecule has 19 heavy (non-hydrogen) atoms. The highest BCUT2D eigenvalue weighted by atomic mass is 16.6. The number of aliphatic hydroxyl groups is 1. The Hall–Kier alpha value is -0.770. The predicted molar refractivity (Wildman–Crippen MR) is 76.0 cm³/mol. The van der Waals surface area contributed by atoms with Gasteiger partial charge >= 0.3 is 6.09 Å². The quantitative estimate of drug-likeness (QED) is 0.836. The largest absolute Gasteiger partial charge is 0.444 e. The zero-order valence-corrected chi connectivity index (χ0v) is 12.8. The lowest BCUT2D eigenvalue weighted by molar-refractivity contribution is 0.0282. The topological polar surface area (TPSA) is 49.8 Å². The maximum Gasteiger partial charge on any atom is 0.410 e. The summed E-state index contributed by atoms with van der Waals surface area (Å²) in [5.41, 5.74) is -0.420. The van der Waals surface area contributed by atoms with Crippen LogP contribution in [-0.2, 0) is 4.74 Å². The van der Waals surface area contributed by atoms with Crippen molar-refractivity contribution in [2.24, 2.45) is 11.8 Å². The van der Waals surface area contributed by atoms with E-state index in [9.17, 15) is 4.79 Å². The van der Waals surface area contributed by atoms with Crippen molar-refractivity contribution in [3.05, 3.63) is 0 Å². The summed E-state index contributed by atoms with van der Waals surface area (Å²) in [4.78, 5) is 13.8. The van der Waals surface area contributed by atoms with Gasteiger partial charge in [-0.15, -0.1) is 0 Å². The zero-order chi connectivity index (χ0) is 14.5. The van der Waals surface area contributed by atoms with E-state index in [0.717, 1.165) is 38.8 Å². The second-order valence-electron chi connectivity index (χ2n) is 6.51. The number of ether oxygens (including phenoxy) is 1. The van der Waals surface area contributed by atoms with Gasteiger partial charge < -0.3 is 14.7 Å². The van der Waals surface area contributed by atoms with E-state index in [1.165, 1.54) is 0 Å². The number of nitrogens with zero attached hydrogens (tertiary/aromatic N) is 1. The molecule has 1 aliphatic heterocycles. The molecule has 1 N–H and O–H groups in total. The first kappa shape index (κ1) is 16.3. The van der Waals surface area contributed by atoms with E-state index in [-0.39, 0.29) is 12.7 Å². The van der Waals surface area contributed by atoms with Gasteiger partial charge in [-0.2, -0.15) is 0 Å². The highest BCUT2D eigenvalue weighted by Crippen LogP contribution is 2.30. The van der Waals surface area contributed by atoms with Crippen molar-refractivity contribution in [2.75, 3.05) is 19.7 Å². The van der Waals surface area contributed by atoms with Gasteiger partial charge in [0.25, 0.3) is 0 Å². The molecule has 112 valence electrons. The number of carbonyl (C=O) groups is 1. The van der Waals surface area contributed by atoms with Gasteiger partial charge in [0, 0.05) is 19.7 Å². The lowest BCUT2D eigenvalue weighted by atomic mass is 9.86. The van der Waals surface area contributed by atoms with Crippen molar-refractivity contribution < 1.29 is 14.6 Å². The fourth-order valence-electron chi connectivity index (χ4n) is 2.79. The molecule has 1 saturated heterocycles. The van der Waals surface area contributed by atoms with Crippen LogP contribution in [0.25, 0.3) is 0 Å². The van der Waals surface area contributed by atoms with E-state index in [1.807, 2.05) is 25.7 Å². The average molecular weight is 271 g/mol. The van der Waals surface area contributed by atoms with E-state index >= 15 is 0 Å². The Kier molecular flexibility index (Phi) is 6.11. The van der Waals surface area contributed by atoms with Crippen LogP contribution in [0.4, 0.5) is 4.79 Å². The minimum Gasteiger partial charge on any atom is -0.444 e. The Bertz CT molecular complexity index is 286. The number of carbonyl (C=O) groups excluding carboxylic acids is 1. The summed E-state index contributed by atoms with van der Waals surface area (Å²) >= 11 is 0. The van der Waals surface area contributed by atoms with Gasteiger partial charge in [-0.1, -0.05) is 13.3 Å². The third-order valence-corrected chi connectivity index (χ3v) is 3.80. The van der Waals surface area contributed by atoms with Crippen molar-refractivity contribution in [1.82, 2.24) is 4.90 Å². The molecule has 0 aliphatic carbocycles. The average Bonchev–Trinajstić information content (AvgIpc) is 2.77. The van der Waals surface area contributed by atoms with Crippen LogP contribution in [0.15, 0.2) is 0 Å². The second-order valence-corrected chi connectivity index (χ2v) is 6.51. The van der Waals surface area contributed by atoms with Crippen molar-refractivity contribution in [3.63, 3.8) is 0 Å². The van der Waals surface area contributed by atoms with E-state index in [2.05, 4.69) is 6.92 Å². The fourth-order valence-corrected chi connectivity index (χ4v) is 2.79. The molecule has 0 bridgehead atoms. The first-order chi connectivity index (χ1) is 8.87. The fraction of sp³-hybridized carbons (Fsp3) is 0.933. The summed E-state index contributed by atoms with van der Waals surface area (Å²) in [6.45, 7) is 9.75. The third-order valence-electron chi connectivity index (χ3n) is 3.80. The maximum absolute atomic E-state index is 12.0. The Morgan fingerprint density at radius 2 is 2.16 bits per heavy atom. The van der Waals surface area contributed by atoms with Crippen molar-refractivity contribution in [3.8, 4) is 0 Å². The van der Waals surface area contributed by atoms with E-state index in [0.29, 0.717) is 11.8 Å². The number of aliphatic hydroxyl groups excluding tert-OH is 1. The number of amides is 1. The molecule has 1 heterocycles. The molecule has 4 heteroatoms. The summed E-state index contributed by atoms with van der Waals surface area (Å²) in [7, 11) is 0. The molecule has 1 fully saturated rings. The first-order valence-electron chi connectivity index (χ1n) is 7.46. The second kappa shape index (κ2) is 7.13. The van der Waals surface area contributed by atoms with Crippen molar-refractivity contribution in [2.45, 2.75) is 59.0 Å². The molecule has 1 amide bonds. The number of hydrogen-bond acceptors (Lipinski definition) is 3. The normalized spacial score (nSPS) is 21.5. The highest BCUT2D eigenvalue weighted by Gasteiger charge is 2.32. The summed E-state index contributed by atoms with van der Waals surface area (Å²) in [6.07, 6.45) is 3.91. The predicted octanol–water partition coefficient (Wildman–Crippen LogP) is 3.04. The monoisotopic (exact) mass is 271 g/mol. The molecule has 0 spiro atoms. The minimum atomic E-state index is -0.420. The zero-order valence-electron chi connectivity index (χ0n) is 12.8. The Labute approximate surface area is 117 Å². The van der Waals surface area contributed by atoms with Crippen LogP contribution in [0.1, 0.15) is 53.4 Å². The van der Waals surface area contributed by atoms with Gasteiger partial charge in [0.2, 0.25) is 0 Å². The molecular formula is C15H29NO3. The molecule has 0 saturated carbocycles. The molecule has 2 atom stereocenters. The van der Waals surface area contributed by atoms with Gasteiger partial charge in [-0.3, -0.25) is 0 Å². The highest BCUT2D eigenvalue weighted by molar-refractivity contribution is 5.68. The Morgan fingerprint density at radius 1 is 1.47 bits per heavy atom. The van der Waals surface area contributed by atoms with Crippen LogP contribution in [0.5, 0.6) is 0 Å². The minimum absolute atomic E-state index is 0.188. The number of likely N-dealkylation sites (tertiary alicyclic amines) is 1. The third kappa shape index (κ3) is 5.39.